The van der Waals surface area contributed by atoms with Gasteiger partial charge < -0.3 is 15.5 Å². The number of aromatic nitrogens is 2. The van der Waals surface area contributed by atoms with Crippen LogP contribution in [0.4, 0.5) is 5.95 Å². The lowest BCUT2D eigenvalue weighted by Gasteiger charge is -2.34. The lowest BCUT2D eigenvalue weighted by Crippen LogP contribution is -2.47. The molecule has 1 aromatic heterocycles. The van der Waals surface area contributed by atoms with E-state index in [1.54, 1.807) is 12.4 Å². The van der Waals surface area contributed by atoms with Crippen LogP contribution >= 0.6 is 24.0 Å². The normalized spacial score (nSPS) is 15.9. The smallest absolute Gasteiger partial charge is 0.225 e. The third-order valence-corrected chi connectivity index (χ3v) is 5.11. The van der Waals surface area contributed by atoms with E-state index in [2.05, 4.69) is 68.5 Å². The Morgan fingerprint density at radius 1 is 1.07 bits per heavy atom. The Kier molecular flexibility index (Phi) is 10.9. The summed E-state index contributed by atoms with van der Waals surface area (Å²) in [4.78, 5) is 18.2. The summed E-state index contributed by atoms with van der Waals surface area (Å²) in [6.45, 7) is 11.1. The predicted octanol–water partition coefficient (Wildman–Crippen LogP) is 2.92. The molecule has 0 amide bonds. The maximum atomic E-state index is 4.76. The molecular weight excluding hydrogens is 489 g/mol. The van der Waals surface area contributed by atoms with Crippen LogP contribution in [0.2, 0.25) is 0 Å². The van der Waals surface area contributed by atoms with Crippen molar-refractivity contribution in [2.75, 3.05) is 50.7 Å². The van der Waals surface area contributed by atoms with E-state index in [9.17, 15) is 0 Å². The molecule has 0 aliphatic carbocycles. The van der Waals surface area contributed by atoms with Gasteiger partial charge in [0.2, 0.25) is 5.95 Å². The van der Waals surface area contributed by atoms with E-state index < -0.39 is 0 Å². The molecule has 30 heavy (non-hydrogen) atoms. The molecule has 0 spiro atoms. The van der Waals surface area contributed by atoms with Crippen molar-refractivity contribution in [2.24, 2.45) is 4.99 Å². The summed E-state index contributed by atoms with van der Waals surface area (Å²) >= 11 is 0. The second-order valence-corrected chi connectivity index (χ2v) is 7.27. The molecule has 1 atom stereocenters. The fourth-order valence-corrected chi connectivity index (χ4v) is 3.46. The Hall–Kier alpha value is -1.94. The molecule has 2 aromatic rings. The van der Waals surface area contributed by atoms with Gasteiger partial charge >= 0.3 is 0 Å². The van der Waals surface area contributed by atoms with Gasteiger partial charge in [0.15, 0.2) is 5.96 Å². The van der Waals surface area contributed by atoms with E-state index in [0.717, 1.165) is 64.1 Å². The Balaban J connectivity index is 0.00000320. The summed E-state index contributed by atoms with van der Waals surface area (Å²) in [6, 6.07) is 12.5. The molecule has 164 valence electrons. The van der Waals surface area contributed by atoms with Crippen LogP contribution in [0, 0.1) is 0 Å². The largest absolute Gasteiger partial charge is 0.357 e. The van der Waals surface area contributed by atoms with E-state index in [1.807, 2.05) is 12.1 Å². The molecule has 0 saturated carbocycles. The van der Waals surface area contributed by atoms with E-state index in [0.29, 0.717) is 0 Å². The van der Waals surface area contributed by atoms with Gasteiger partial charge in [-0.1, -0.05) is 30.3 Å². The molecule has 3 rings (SSSR count). The number of rotatable bonds is 8. The van der Waals surface area contributed by atoms with Crippen molar-refractivity contribution >= 4 is 35.9 Å². The molecule has 1 unspecified atom stereocenters. The van der Waals surface area contributed by atoms with Crippen molar-refractivity contribution in [2.45, 2.75) is 26.3 Å². The Bertz CT molecular complexity index is 734. The van der Waals surface area contributed by atoms with Gasteiger partial charge in [0, 0.05) is 58.2 Å². The zero-order chi connectivity index (χ0) is 20.3. The van der Waals surface area contributed by atoms with Crippen molar-refractivity contribution in [1.82, 2.24) is 25.5 Å². The zero-order valence-electron chi connectivity index (χ0n) is 18.0. The summed E-state index contributed by atoms with van der Waals surface area (Å²) in [5.41, 5.74) is 1.26. The van der Waals surface area contributed by atoms with Crippen molar-refractivity contribution in [3.05, 3.63) is 54.4 Å². The predicted molar refractivity (Wildman–Crippen MR) is 135 cm³/mol. The van der Waals surface area contributed by atoms with Gasteiger partial charge in [0.05, 0.1) is 6.04 Å². The number of piperazine rings is 1. The molecule has 2 N–H and O–H groups in total. The SMILES string of the molecule is CCNC(=NCCCN1CCN(c2ncccn2)CC1)NC(C)c1ccccc1.I. The molecule has 0 bridgehead atoms. The summed E-state index contributed by atoms with van der Waals surface area (Å²) in [6.07, 6.45) is 4.67. The van der Waals surface area contributed by atoms with Crippen LogP contribution in [-0.2, 0) is 0 Å². The van der Waals surface area contributed by atoms with Crippen LogP contribution in [0.15, 0.2) is 53.8 Å². The highest BCUT2D eigenvalue weighted by atomic mass is 127. The number of nitrogens with zero attached hydrogens (tertiary/aromatic N) is 5. The summed E-state index contributed by atoms with van der Waals surface area (Å²) in [7, 11) is 0. The first-order valence-electron chi connectivity index (χ1n) is 10.6. The fourth-order valence-electron chi connectivity index (χ4n) is 3.46. The van der Waals surface area contributed by atoms with Crippen LogP contribution < -0.4 is 15.5 Å². The first kappa shape index (κ1) is 24.3. The number of aliphatic imine (C=N–C) groups is 1. The van der Waals surface area contributed by atoms with Crippen LogP contribution in [0.5, 0.6) is 0 Å². The number of hydrogen-bond donors (Lipinski definition) is 2. The average molecular weight is 523 g/mol. The summed E-state index contributed by atoms with van der Waals surface area (Å²) in [5, 5.41) is 6.85. The van der Waals surface area contributed by atoms with E-state index in [4.69, 9.17) is 4.99 Å². The van der Waals surface area contributed by atoms with Crippen molar-refractivity contribution in [3.8, 4) is 0 Å². The Morgan fingerprint density at radius 2 is 1.77 bits per heavy atom. The molecule has 1 aliphatic heterocycles. The minimum absolute atomic E-state index is 0. The van der Waals surface area contributed by atoms with E-state index in [-0.39, 0.29) is 30.0 Å². The van der Waals surface area contributed by atoms with E-state index >= 15 is 0 Å². The second-order valence-electron chi connectivity index (χ2n) is 7.27. The summed E-state index contributed by atoms with van der Waals surface area (Å²) in [5.74, 6) is 1.72. The molecule has 1 aliphatic rings. The van der Waals surface area contributed by atoms with Gasteiger partial charge in [-0.25, -0.2) is 9.97 Å². The number of benzene rings is 1. The fraction of sp³-hybridized carbons (Fsp3) is 0.500. The molecule has 1 fully saturated rings. The monoisotopic (exact) mass is 523 g/mol. The molecular formula is C22H34IN7. The van der Waals surface area contributed by atoms with Gasteiger partial charge in [-0.15, -0.1) is 24.0 Å². The lowest BCUT2D eigenvalue weighted by atomic mass is 10.1. The topological polar surface area (TPSA) is 68.7 Å². The van der Waals surface area contributed by atoms with Gasteiger partial charge in [-0.05, 0) is 31.9 Å². The summed E-state index contributed by atoms with van der Waals surface area (Å²) < 4.78 is 0. The van der Waals surface area contributed by atoms with Gasteiger partial charge in [-0.2, -0.15) is 0 Å². The number of nitrogens with one attached hydrogen (secondary N) is 2. The van der Waals surface area contributed by atoms with Gasteiger partial charge in [0.1, 0.15) is 0 Å². The number of anilines is 1. The minimum atomic E-state index is 0. The standard InChI is InChI=1S/C22H33N7.HI/c1-3-23-21(27-19(2)20-9-5-4-6-10-20)24-13-8-14-28-15-17-29(18-16-28)22-25-11-7-12-26-22;/h4-7,9-12,19H,3,8,13-18H2,1-2H3,(H2,23,24,27);1H. The van der Waals surface area contributed by atoms with Crippen molar-refractivity contribution in [1.29, 1.82) is 0 Å². The molecule has 2 heterocycles. The number of halogens is 1. The van der Waals surface area contributed by atoms with Crippen LogP contribution in [0.3, 0.4) is 0 Å². The highest BCUT2D eigenvalue weighted by Crippen LogP contribution is 2.11. The highest BCUT2D eigenvalue weighted by Gasteiger charge is 2.18. The lowest BCUT2D eigenvalue weighted by molar-refractivity contribution is 0.255. The maximum Gasteiger partial charge on any atom is 0.225 e. The average Bonchev–Trinajstić information content (AvgIpc) is 2.78. The van der Waals surface area contributed by atoms with Crippen LogP contribution in [0.1, 0.15) is 31.9 Å². The first-order chi connectivity index (χ1) is 14.3. The highest BCUT2D eigenvalue weighted by molar-refractivity contribution is 14.0. The third-order valence-electron chi connectivity index (χ3n) is 5.11. The first-order valence-corrected chi connectivity index (χ1v) is 10.6. The van der Waals surface area contributed by atoms with Crippen LogP contribution in [-0.4, -0.2) is 66.6 Å². The molecule has 0 radical (unpaired) electrons. The molecule has 8 heteroatoms. The van der Waals surface area contributed by atoms with Gasteiger partial charge in [0.25, 0.3) is 0 Å². The van der Waals surface area contributed by atoms with Crippen molar-refractivity contribution in [3.63, 3.8) is 0 Å². The number of hydrogen-bond acceptors (Lipinski definition) is 5. The zero-order valence-corrected chi connectivity index (χ0v) is 20.3. The Morgan fingerprint density at radius 3 is 2.43 bits per heavy atom. The maximum absolute atomic E-state index is 4.76. The molecule has 1 aromatic carbocycles. The third kappa shape index (κ3) is 7.71. The van der Waals surface area contributed by atoms with E-state index in [1.165, 1.54) is 5.56 Å². The Labute approximate surface area is 197 Å². The van der Waals surface area contributed by atoms with Crippen LogP contribution in [0.25, 0.3) is 0 Å². The molecule has 1 saturated heterocycles. The van der Waals surface area contributed by atoms with Gasteiger partial charge in [-0.3, -0.25) is 9.89 Å². The quantitative estimate of drug-likeness (QED) is 0.240. The number of guanidine groups is 1. The molecule has 7 nitrogen and oxygen atoms in total. The minimum Gasteiger partial charge on any atom is -0.357 e. The second kappa shape index (κ2) is 13.4. The van der Waals surface area contributed by atoms with Crippen molar-refractivity contribution < 1.29 is 0 Å².